The van der Waals surface area contributed by atoms with Crippen molar-refractivity contribution in [2.75, 3.05) is 26.2 Å². The first kappa shape index (κ1) is 21.7. The van der Waals surface area contributed by atoms with Crippen LogP contribution in [0, 0.1) is 0 Å². The molecular formula is C18H26ClN3O4S. The summed E-state index contributed by atoms with van der Waals surface area (Å²) in [5.41, 5.74) is 0.191. The number of sulfonamides is 1. The van der Waals surface area contributed by atoms with Crippen LogP contribution in [0.2, 0.25) is 5.02 Å². The van der Waals surface area contributed by atoms with Crippen molar-refractivity contribution in [3.63, 3.8) is 0 Å². The zero-order chi connectivity index (χ0) is 20.2. The van der Waals surface area contributed by atoms with Crippen molar-refractivity contribution >= 4 is 33.4 Å². The van der Waals surface area contributed by atoms with Crippen LogP contribution in [0.4, 0.5) is 0 Å². The number of rotatable bonds is 7. The molecule has 1 fully saturated rings. The standard InChI is InChI=1S/C18H26ClN3O4S/c1-4-21(12-17(23)20-13(2)3)18(24)14-7-8-15(19)16(11-14)27(25,26)22-9-5-6-10-22/h7-8,11,13H,4-6,9-10,12H2,1-3H3,(H,20,23). The van der Waals surface area contributed by atoms with E-state index in [1.807, 2.05) is 13.8 Å². The van der Waals surface area contributed by atoms with Crippen molar-refractivity contribution in [3.05, 3.63) is 28.8 Å². The summed E-state index contributed by atoms with van der Waals surface area (Å²) in [7, 11) is -3.75. The molecule has 1 aromatic rings. The molecular weight excluding hydrogens is 390 g/mol. The molecule has 0 bridgehead atoms. The number of halogens is 1. The van der Waals surface area contributed by atoms with Gasteiger partial charge in [0.1, 0.15) is 4.90 Å². The van der Waals surface area contributed by atoms with Crippen molar-refractivity contribution in [1.82, 2.24) is 14.5 Å². The van der Waals surface area contributed by atoms with E-state index >= 15 is 0 Å². The minimum Gasteiger partial charge on any atom is -0.352 e. The maximum atomic E-state index is 12.8. The average Bonchev–Trinajstić information content (AvgIpc) is 3.14. The smallest absolute Gasteiger partial charge is 0.254 e. The van der Waals surface area contributed by atoms with Crippen LogP contribution in [0.3, 0.4) is 0 Å². The molecule has 0 spiro atoms. The number of hydrogen-bond acceptors (Lipinski definition) is 4. The predicted molar refractivity (Wildman–Crippen MR) is 104 cm³/mol. The Hall–Kier alpha value is -1.64. The van der Waals surface area contributed by atoms with Crippen molar-refractivity contribution in [2.45, 2.75) is 44.6 Å². The quantitative estimate of drug-likeness (QED) is 0.738. The summed E-state index contributed by atoms with van der Waals surface area (Å²) in [4.78, 5) is 26.1. The van der Waals surface area contributed by atoms with Crippen LogP contribution >= 0.6 is 11.6 Å². The number of carbonyl (C=O) groups excluding carboxylic acids is 2. The zero-order valence-electron chi connectivity index (χ0n) is 15.9. The van der Waals surface area contributed by atoms with Gasteiger partial charge in [-0.1, -0.05) is 11.6 Å². The van der Waals surface area contributed by atoms with Crippen molar-refractivity contribution in [1.29, 1.82) is 0 Å². The summed E-state index contributed by atoms with van der Waals surface area (Å²) in [6.45, 7) is 6.57. The van der Waals surface area contributed by atoms with E-state index in [2.05, 4.69) is 5.32 Å². The van der Waals surface area contributed by atoms with E-state index < -0.39 is 15.9 Å². The number of likely N-dealkylation sites (N-methyl/N-ethyl adjacent to an activating group) is 1. The van der Waals surface area contributed by atoms with Gasteiger partial charge in [-0.15, -0.1) is 0 Å². The highest BCUT2D eigenvalue weighted by Gasteiger charge is 2.30. The second kappa shape index (κ2) is 9.03. The number of nitrogens with zero attached hydrogens (tertiary/aromatic N) is 2. The lowest BCUT2D eigenvalue weighted by molar-refractivity contribution is -0.122. The van der Waals surface area contributed by atoms with Gasteiger partial charge in [-0.25, -0.2) is 8.42 Å². The fourth-order valence-electron chi connectivity index (χ4n) is 2.95. The van der Waals surface area contributed by atoms with E-state index in [9.17, 15) is 18.0 Å². The molecule has 1 heterocycles. The lowest BCUT2D eigenvalue weighted by Crippen LogP contribution is -2.42. The van der Waals surface area contributed by atoms with E-state index in [0.29, 0.717) is 19.6 Å². The molecule has 0 aliphatic carbocycles. The molecule has 2 amide bonds. The molecule has 0 saturated carbocycles. The fourth-order valence-corrected chi connectivity index (χ4v) is 4.97. The Morgan fingerprint density at radius 2 is 1.89 bits per heavy atom. The number of amides is 2. The van der Waals surface area contributed by atoms with Crippen molar-refractivity contribution in [3.8, 4) is 0 Å². The molecule has 0 aromatic heterocycles. The lowest BCUT2D eigenvalue weighted by atomic mass is 10.2. The van der Waals surface area contributed by atoms with E-state index in [-0.39, 0.29) is 34.0 Å². The summed E-state index contributed by atoms with van der Waals surface area (Å²) in [5.74, 6) is -0.676. The van der Waals surface area contributed by atoms with Gasteiger partial charge < -0.3 is 10.2 Å². The third-order valence-corrected chi connectivity index (χ3v) is 6.69. The highest BCUT2D eigenvalue weighted by molar-refractivity contribution is 7.89. The molecule has 0 unspecified atom stereocenters. The monoisotopic (exact) mass is 415 g/mol. The van der Waals surface area contributed by atoms with E-state index in [1.165, 1.54) is 27.4 Å². The summed E-state index contributed by atoms with van der Waals surface area (Å²) >= 11 is 6.12. The van der Waals surface area contributed by atoms with Gasteiger partial charge in [-0.2, -0.15) is 4.31 Å². The Morgan fingerprint density at radius 1 is 1.26 bits per heavy atom. The molecule has 1 aromatic carbocycles. The SMILES string of the molecule is CCN(CC(=O)NC(C)C)C(=O)c1ccc(Cl)c(S(=O)(=O)N2CCCC2)c1. The van der Waals surface area contributed by atoms with Gasteiger partial charge in [0, 0.05) is 31.2 Å². The maximum absolute atomic E-state index is 12.8. The molecule has 27 heavy (non-hydrogen) atoms. The van der Waals surface area contributed by atoms with Crippen LogP contribution in [0.1, 0.15) is 44.0 Å². The molecule has 9 heteroatoms. The Morgan fingerprint density at radius 3 is 2.44 bits per heavy atom. The first-order valence-electron chi connectivity index (χ1n) is 9.05. The van der Waals surface area contributed by atoms with Gasteiger partial charge in [0.2, 0.25) is 15.9 Å². The first-order chi connectivity index (χ1) is 12.7. The topological polar surface area (TPSA) is 86.8 Å². The number of hydrogen-bond donors (Lipinski definition) is 1. The Labute approximate surface area is 165 Å². The largest absolute Gasteiger partial charge is 0.352 e. The highest BCUT2D eigenvalue weighted by Crippen LogP contribution is 2.28. The fraction of sp³-hybridized carbons (Fsp3) is 0.556. The number of nitrogens with one attached hydrogen (secondary N) is 1. The third-order valence-electron chi connectivity index (χ3n) is 4.31. The number of carbonyl (C=O) groups is 2. The second-order valence-corrected chi connectivity index (χ2v) is 9.11. The van der Waals surface area contributed by atoms with E-state index in [1.54, 1.807) is 6.92 Å². The lowest BCUT2D eigenvalue weighted by Gasteiger charge is -2.22. The van der Waals surface area contributed by atoms with E-state index in [0.717, 1.165) is 12.8 Å². The Kier molecular flexibility index (Phi) is 7.25. The van der Waals surface area contributed by atoms with Crippen LogP contribution in [0.15, 0.2) is 23.1 Å². The molecule has 1 N–H and O–H groups in total. The Balaban J connectivity index is 2.27. The number of benzene rings is 1. The predicted octanol–water partition coefficient (Wildman–Crippen LogP) is 2.11. The normalized spacial score (nSPS) is 15.1. The van der Waals surface area contributed by atoms with Gasteiger partial charge in [0.05, 0.1) is 11.6 Å². The highest BCUT2D eigenvalue weighted by atomic mass is 35.5. The molecule has 7 nitrogen and oxygen atoms in total. The average molecular weight is 416 g/mol. The van der Waals surface area contributed by atoms with Crippen molar-refractivity contribution in [2.24, 2.45) is 0 Å². The van der Waals surface area contributed by atoms with Crippen LogP contribution in [0.5, 0.6) is 0 Å². The van der Waals surface area contributed by atoms with Gasteiger partial charge in [-0.05, 0) is 51.8 Å². The molecule has 2 rings (SSSR count). The molecule has 1 aliphatic heterocycles. The molecule has 150 valence electrons. The van der Waals surface area contributed by atoms with Gasteiger partial charge in [0.25, 0.3) is 5.91 Å². The van der Waals surface area contributed by atoms with Crippen LogP contribution < -0.4 is 5.32 Å². The minimum absolute atomic E-state index is 0.0287. The van der Waals surface area contributed by atoms with Gasteiger partial charge >= 0.3 is 0 Å². The molecule has 0 radical (unpaired) electrons. The molecule has 1 aliphatic rings. The van der Waals surface area contributed by atoms with Gasteiger partial charge in [0.15, 0.2) is 0 Å². The van der Waals surface area contributed by atoms with E-state index in [4.69, 9.17) is 11.6 Å². The summed E-state index contributed by atoms with van der Waals surface area (Å²) in [6, 6.07) is 4.18. The third kappa shape index (κ3) is 5.21. The van der Waals surface area contributed by atoms with Crippen LogP contribution in [-0.4, -0.2) is 61.7 Å². The van der Waals surface area contributed by atoms with Crippen molar-refractivity contribution < 1.29 is 18.0 Å². The summed E-state index contributed by atoms with van der Waals surface area (Å²) < 4.78 is 27.0. The minimum atomic E-state index is -3.75. The molecule has 0 atom stereocenters. The first-order valence-corrected chi connectivity index (χ1v) is 10.9. The maximum Gasteiger partial charge on any atom is 0.254 e. The summed E-state index contributed by atoms with van der Waals surface area (Å²) in [6.07, 6.45) is 1.62. The van der Waals surface area contributed by atoms with Crippen LogP contribution in [-0.2, 0) is 14.8 Å². The summed E-state index contributed by atoms with van der Waals surface area (Å²) in [5, 5.41) is 2.82. The Bertz CT molecular complexity index is 805. The van der Waals surface area contributed by atoms with Gasteiger partial charge in [-0.3, -0.25) is 9.59 Å². The van der Waals surface area contributed by atoms with Crippen LogP contribution in [0.25, 0.3) is 0 Å². The second-order valence-electron chi connectivity index (χ2n) is 6.80. The molecule has 1 saturated heterocycles. The zero-order valence-corrected chi connectivity index (χ0v) is 17.4.